The maximum Gasteiger partial charge on any atom is 0.322 e. The standard InChI is InChI=1S/C21H21FN4O3/c1-28-17-11-9-16(10-12-17)23-21(27)26-13-3-2-4-18(26)20-24-19(25-29-20)14-5-7-15(22)8-6-14/h5-12,18H,2-4,13H2,1H3,(H,23,27)/t18-/m0/s1. The average molecular weight is 396 g/mol. The van der Waals surface area contributed by atoms with Crippen LogP contribution in [0.2, 0.25) is 0 Å². The van der Waals surface area contributed by atoms with Gasteiger partial charge in [-0.2, -0.15) is 4.98 Å². The molecule has 1 aliphatic heterocycles. The Balaban J connectivity index is 1.51. The Morgan fingerprint density at radius 2 is 1.93 bits per heavy atom. The van der Waals surface area contributed by atoms with E-state index in [1.165, 1.54) is 12.1 Å². The fourth-order valence-corrected chi connectivity index (χ4v) is 3.39. The number of urea groups is 1. The average Bonchev–Trinajstić information content (AvgIpc) is 3.25. The van der Waals surface area contributed by atoms with E-state index in [1.54, 1.807) is 48.4 Å². The number of hydrogen-bond donors (Lipinski definition) is 1. The van der Waals surface area contributed by atoms with Crippen LogP contribution in [0.3, 0.4) is 0 Å². The minimum Gasteiger partial charge on any atom is -0.497 e. The number of halogens is 1. The number of carbonyl (C=O) groups excluding carboxylic acids is 1. The largest absolute Gasteiger partial charge is 0.497 e. The van der Waals surface area contributed by atoms with Gasteiger partial charge < -0.3 is 19.5 Å². The molecule has 0 radical (unpaired) electrons. The molecule has 1 aromatic heterocycles. The third kappa shape index (κ3) is 4.21. The Hall–Kier alpha value is -3.42. The zero-order valence-electron chi connectivity index (χ0n) is 16.0. The van der Waals surface area contributed by atoms with E-state index in [4.69, 9.17) is 9.26 Å². The van der Waals surface area contributed by atoms with Gasteiger partial charge in [0.15, 0.2) is 0 Å². The van der Waals surface area contributed by atoms with Crippen LogP contribution >= 0.6 is 0 Å². The van der Waals surface area contributed by atoms with E-state index in [2.05, 4.69) is 15.5 Å². The van der Waals surface area contributed by atoms with Gasteiger partial charge >= 0.3 is 6.03 Å². The second-order valence-corrected chi connectivity index (χ2v) is 6.83. The first-order valence-electron chi connectivity index (χ1n) is 9.45. The molecule has 29 heavy (non-hydrogen) atoms. The minimum absolute atomic E-state index is 0.221. The molecule has 4 rings (SSSR count). The van der Waals surface area contributed by atoms with E-state index in [9.17, 15) is 9.18 Å². The monoisotopic (exact) mass is 396 g/mol. The summed E-state index contributed by atoms with van der Waals surface area (Å²) in [5, 5.41) is 6.91. The lowest BCUT2D eigenvalue weighted by molar-refractivity contribution is 0.142. The van der Waals surface area contributed by atoms with Crippen molar-refractivity contribution in [2.75, 3.05) is 19.0 Å². The quantitative estimate of drug-likeness (QED) is 0.695. The first-order valence-corrected chi connectivity index (χ1v) is 9.45. The van der Waals surface area contributed by atoms with Crippen molar-refractivity contribution in [3.63, 3.8) is 0 Å². The third-order valence-electron chi connectivity index (χ3n) is 4.93. The van der Waals surface area contributed by atoms with Gasteiger partial charge in [-0.1, -0.05) is 5.16 Å². The van der Waals surface area contributed by atoms with Crippen molar-refractivity contribution in [3.05, 3.63) is 60.2 Å². The van der Waals surface area contributed by atoms with Crippen LogP contribution < -0.4 is 10.1 Å². The highest BCUT2D eigenvalue weighted by Gasteiger charge is 2.32. The van der Waals surface area contributed by atoms with E-state index in [-0.39, 0.29) is 17.9 Å². The molecule has 1 saturated heterocycles. The second kappa shape index (κ2) is 8.30. The minimum atomic E-state index is -0.328. The number of piperidine rings is 1. The van der Waals surface area contributed by atoms with E-state index in [0.717, 1.165) is 25.0 Å². The van der Waals surface area contributed by atoms with Crippen LogP contribution in [0.1, 0.15) is 31.2 Å². The molecule has 7 nitrogen and oxygen atoms in total. The summed E-state index contributed by atoms with van der Waals surface area (Å²) < 4.78 is 23.7. The number of aromatic nitrogens is 2. The van der Waals surface area contributed by atoms with E-state index in [1.807, 2.05) is 0 Å². The van der Waals surface area contributed by atoms with E-state index >= 15 is 0 Å². The molecule has 8 heteroatoms. The first kappa shape index (κ1) is 18.9. The molecule has 2 aromatic carbocycles. The fraction of sp³-hybridized carbons (Fsp3) is 0.286. The van der Waals surface area contributed by atoms with Crippen LogP contribution in [-0.2, 0) is 0 Å². The van der Waals surface area contributed by atoms with Gasteiger partial charge in [-0.15, -0.1) is 0 Å². The Morgan fingerprint density at radius 1 is 1.17 bits per heavy atom. The lowest BCUT2D eigenvalue weighted by atomic mass is 10.0. The molecule has 1 N–H and O–H groups in total. The molecule has 3 aromatic rings. The molecule has 0 unspecified atom stereocenters. The van der Waals surface area contributed by atoms with Gasteiger partial charge in [0, 0.05) is 17.8 Å². The molecule has 150 valence electrons. The summed E-state index contributed by atoms with van der Waals surface area (Å²) in [6.07, 6.45) is 2.61. The fourth-order valence-electron chi connectivity index (χ4n) is 3.39. The number of rotatable bonds is 4. The lowest BCUT2D eigenvalue weighted by Gasteiger charge is -2.33. The third-order valence-corrected chi connectivity index (χ3v) is 4.93. The Morgan fingerprint density at radius 3 is 2.66 bits per heavy atom. The molecule has 0 aliphatic carbocycles. The molecule has 1 aliphatic rings. The van der Waals surface area contributed by atoms with Crippen LogP contribution in [0.4, 0.5) is 14.9 Å². The van der Waals surface area contributed by atoms with Crippen LogP contribution in [0, 0.1) is 5.82 Å². The highest BCUT2D eigenvalue weighted by atomic mass is 19.1. The Kier molecular flexibility index (Phi) is 5.41. The Labute approximate surface area is 167 Å². The smallest absolute Gasteiger partial charge is 0.322 e. The Bertz CT molecular complexity index is 972. The van der Waals surface area contributed by atoms with Gasteiger partial charge in [0.1, 0.15) is 17.6 Å². The molecular weight excluding hydrogens is 375 g/mol. The molecular formula is C21H21FN4O3. The number of ether oxygens (including phenoxy) is 1. The predicted octanol–water partition coefficient (Wildman–Crippen LogP) is 4.64. The summed E-state index contributed by atoms with van der Waals surface area (Å²) in [6.45, 7) is 0.598. The predicted molar refractivity (Wildman–Crippen MR) is 105 cm³/mol. The van der Waals surface area contributed by atoms with Crippen molar-refractivity contribution in [1.29, 1.82) is 0 Å². The number of amides is 2. The number of likely N-dealkylation sites (tertiary alicyclic amines) is 1. The normalized spacial score (nSPS) is 16.5. The van der Waals surface area contributed by atoms with Crippen molar-refractivity contribution in [3.8, 4) is 17.1 Å². The van der Waals surface area contributed by atoms with Gasteiger partial charge in [0.25, 0.3) is 0 Å². The van der Waals surface area contributed by atoms with Gasteiger partial charge in [-0.25, -0.2) is 9.18 Å². The molecule has 1 atom stereocenters. The number of hydrogen-bond acceptors (Lipinski definition) is 5. The van der Waals surface area contributed by atoms with Gasteiger partial charge in [-0.05, 0) is 67.8 Å². The SMILES string of the molecule is COc1ccc(NC(=O)N2CCCC[C@H]2c2nc(-c3ccc(F)cc3)no2)cc1. The lowest BCUT2D eigenvalue weighted by Crippen LogP contribution is -2.41. The molecule has 1 fully saturated rings. The highest BCUT2D eigenvalue weighted by Crippen LogP contribution is 2.32. The van der Waals surface area contributed by atoms with Crippen LogP contribution in [0.5, 0.6) is 5.75 Å². The number of carbonyl (C=O) groups is 1. The van der Waals surface area contributed by atoms with Crippen LogP contribution in [0.15, 0.2) is 53.1 Å². The number of nitrogens with one attached hydrogen (secondary N) is 1. The number of nitrogens with zero attached hydrogens (tertiary/aromatic N) is 3. The number of benzene rings is 2. The molecule has 0 spiro atoms. The molecule has 2 heterocycles. The highest BCUT2D eigenvalue weighted by molar-refractivity contribution is 5.89. The van der Waals surface area contributed by atoms with Crippen molar-refractivity contribution >= 4 is 11.7 Å². The first-order chi connectivity index (χ1) is 14.1. The summed E-state index contributed by atoms with van der Waals surface area (Å²) in [5.74, 6) is 1.15. The topological polar surface area (TPSA) is 80.5 Å². The van der Waals surface area contributed by atoms with Crippen LogP contribution in [0.25, 0.3) is 11.4 Å². The van der Waals surface area contributed by atoms with Gasteiger partial charge in [-0.3, -0.25) is 0 Å². The molecule has 2 amide bonds. The van der Waals surface area contributed by atoms with E-state index < -0.39 is 0 Å². The summed E-state index contributed by atoms with van der Waals surface area (Å²) in [6, 6.07) is 12.5. The van der Waals surface area contributed by atoms with Gasteiger partial charge in [0.05, 0.1) is 7.11 Å². The van der Waals surface area contributed by atoms with Crippen molar-refractivity contribution in [2.24, 2.45) is 0 Å². The maximum absolute atomic E-state index is 13.1. The van der Waals surface area contributed by atoms with E-state index in [0.29, 0.717) is 29.5 Å². The summed E-state index contributed by atoms with van der Waals surface area (Å²) in [5.41, 5.74) is 1.34. The number of methoxy groups -OCH3 is 1. The summed E-state index contributed by atoms with van der Waals surface area (Å²) in [4.78, 5) is 19.0. The zero-order valence-corrected chi connectivity index (χ0v) is 16.0. The number of anilines is 1. The molecule has 0 bridgehead atoms. The zero-order chi connectivity index (χ0) is 20.2. The molecule has 0 saturated carbocycles. The summed E-state index contributed by atoms with van der Waals surface area (Å²) >= 11 is 0. The van der Waals surface area contributed by atoms with Crippen LogP contribution in [-0.4, -0.2) is 34.7 Å². The summed E-state index contributed by atoms with van der Waals surface area (Å²) in [7, 11) is 1.59. The maximum atomic E-state index is 13.1. The van der Waals surface area contributed by atoms with Gasteiger partial charge in [0.2, 0.25) is 11.7 Å². The van der Waals surface area contributed by atoms with Crippen molar-refractivity contribution < 1.29 is 18.4 Å². The second-order valence-electron chi connectivity index (χ2n) is 6.83. The van der Waals surface area contributed by atoms with Crippen molar-refractivity contribution in [1.82, 2.24) is 15.0 Å². The van der Waals surface area contributed by atoms with Crippen molar-refractivity contribution in [2.45, 2.75) is 25.3 Å².